The van der Waals surface area contributed by atoms with Crippen molar-refractivity contribution in [3.05, 3.63) is 11.9 Å². The molecular formula is C6H8F2O. The molecule has 0 aromatic heterocycles. The first kappa shape index (κ1) is 6.68. The Morgan fingerprint density at radius 1 is 1.67 bits per heavy atom. The van der Waals surface area contributed by atoms with Gasteiger partial charge in [-0.2, -0.15) is 0 Å². The van der Waals surface area contributed by atoms with E-state index >= 15 is 0 Å². The molecule has 0 radical (unpaired) electrons. The molecule has 0 aromatic carbocycles. The van der Waals surface area contributed by atoms with Crippen molar-refractivity contribution >= 4 is 0 Å². The first-order valence-electron chi connectivity index (χ1n) is 2.87. The lowest BCUT2D eigenvalue weighted by atomic mass is 10.0. The summed E-state index contributed by atoms with van der Waals surface area (Å²) in [6.07, 6.45) is -1.21. The second kappa shape index (κ2) is 2.43. The molecule has 1 rings (SSSR count). The fourth-order valence-electron chi connectivity index (χ4n) is 0.902. The third-order valence-electron chi connectivity index (χ3n) is 1.29. The highest BCUT2D eigenvalue weighted by Crippen LogP contribution is 2.21. The molecule has 0 amide bonds. The SMILES string of the molecule is OC1C=C(F)CC(F)C1. The third kappa shape index (κ3) is 1.75. The highest BCUT2D eigenvalue weighted by Gasteiger charge is 2.19. The van der Waals surface area contributed by atoms with Crippen molar-refractivity contribution in [2.24, 2.45) is 0 Å². The third-order valence-corrected chi connectivity index (χ3v) is 1.29. The average molecular weight is 134 g/mol. The van der Waals surface area contributed by atoms with Crippen molar-refractivity contribution in [1.29, 1.82) is 0 Å². The van der Waals surface area contributed by atoms with Gasteiger partial charge >= 0.3 is 0 Å². The highest BCUT2D eigenvalue weighted by molar-refractivity contribution is 5.03. The molecule has 0 heterocycles. The molecule has 1 aliphatic carbocycles. The van der Waals surface area contributed by atoms with Gasteiger partial charge in [-0.1, -0.05) is 0 Å². The van der Waals surface area contributed by atoms with Gasteiger partial charge in [0.1, 0.15) is 12.0 Å². The van der Waals surface area contributed by atoms with Crippen LogP contribution in [0.2, 0.25) is 0 Å². The van der Waals surface area contributed by atoms with Gasteiger partial charge in [0.25, 0.3) is 0 Å². The highest BCUT2D eigenvalue weighted by atomic mass is 19.1. The summed E-state index contributed by atoms with van der Waals surface area (Å²) in [5.41, 5.74) is 0. The van der Waals surface area contributed by atoms with E-state index in [0.29, 0.717) is 0 Å². The molecule has 1 N–H and O–H groups in total. The quantitative estimate of drug-likeness (QED) is 0.530. The monoisotopic (exact) mass is 134 g/mol. The fraction of sp³-hybridized carbons (Fsp3) is 0.667. The maximum atomic E-state index is 12.2. The summed E-state index contributed by atoms with van der Waals surface area (Å²) in [5, 5.41) is 8.69. The second-order valence-electron chi connectivity index (χ2n) is 2.22. The molecule has 52 valence electrons. The Balaban J connectivity index is 2.56. The van der Waals surface area contributed by atoms with Gasteiger partial charge in [-0.25, -0.2) is 8.78 Å². The van der Waals surface area contributed by atoms with E-state index in [1.165, 1.54) is 0 Å². The van der Waals surface area contributed by atoms with Crippen molar-refractivity contribution in [2.45, 2.75) is 25.1 Å². The van der Waals surface area contributed by atoms with Crippen LogP contribution in [0.15, 0.2) is 11.9 Å². The Morgan fingerprint density at radius 3 is 2.78 bits per heavy atom. The van der Waals surface area contributed by atoms with Gasteiger partial charge < -0.3 is 5.11 Å². The van der Waals surface area contributed by atoms with Crippen molar-refractivity contribution in [1.82, 2.24) is 0 Å². The normalized spacial score (nSPS) is 36.1. The summed E-state index contributed by atoms with van der Waals surface area (Å²) < 4.78 is 24.4. The van der Waals surface area contributed by atoms with E-state index < -0.39 is 18.1 Å². The number of allylic oxidation sites excluding steroid dienone is 1. The van der Waals surface area contributed by atoms with Crippen molar-refractivity contribution in [3.63, 3.8) is 0 Å². The average Bonchev–Trinajstić information content (AvgIpc) is 1.59. The van der Waals surface area contributed by atoms with Gasteiger partial charge in [-0.3, -0.25) is 0 Å². The number of hydrogen-bond donors (Lipinski definition) is 1. The molecule has 2 atom stereocenters. The lowest BCUT2D eigenvalue weighted by molar-refractivity contribution is 0.144. The molecule has 1 nitrogen and oxygen atoms in total. The van der Waals surface area contributed by atoms with Gasteiger partial charge in [0.15, 0.2) is 0 Å². The molecular weight excluding hydrogens is 126 g/mol. The summed E-state index contributed by atoms with van der Waals surface area (Å²) in [6.45, 7) is 0. The summed E-state index contributed by atoms with van der Waals surface area (Å²) in [6, 6.07) is 0. The predicted octanol–water partition coefficient (Wildman–Crippen LogP) is 1.33. The van der Waals surface area contributed by atoms with Crippen molar-refractivity contribution in [2.75, 3.05) is 0 Å². The molecule has 1 aliphatic rings. The van der Waals surface area contributed by atoms with Crippen LogP contribution in [-0.2, 0) is 0 Å². The van der Waals surface area contributed by atoms with Gasteiger partial charge in [-0.05, 0) is 6.08 Å². The fourth-order valence-corrected chi connectivity index (χ4v) is 0.902. The molecule has 0 spiro atoms. The van der Waals surface area contributed by atoms with E-state index in [9.17, 15) is 8.78 Å². The summed E-state index contributed by atoms with van der Waals surface area (Å²) in [5.74, 6) is -0.541. The Hall–Kier alpha value is -0.440. The van der Waals surface area contributed by atoms with Crippen molar-refractivity contribution in [3.8, 4) is 0 Å². The van der Waals surface area contributed by atoms with Crippen LogP contribution in [0.3, 0.4) is 0 Å². The number of rotatable bonds is 0. The lowest BCUT2D eigenvalue weighted by Crippen LogP contribution is -2.17. The van der Waals surface area contributed by atoms with Crippen LogP contribution in [0.5, 0.6) is 0 Å². The van der Waals surface area contributed by atoms with Crippen LogP contribution in [0.25, 0.3) is 0 Å². The summed E-state index contributed by atoms with van der Waals surface area (Å²) >= 11 is 0. The lowest BCUT2D eigenvalue weighted by Gasteiger charge is -2.15. The van der Waals surface area contributed by atoms with E-state index in [0.717, 1.165) is 6.08 Å². The molecule has 3 heteroatoms. The first-order valence-corrected chi connectivity index (χ1v) is 2.87. The van der Waals surface area contributed by atoms with Crippen LogP contribution in [-0.4, -0.2) is 17.4 Å². The summed E-state index contributed by atoms with van der Waals surface area (Å²) in [4.78, 5) is 0. The molecule has 9 heavy (non-hydrogen) atoms. The van der Waals surface area contributed by atoms with E-state index in [2.05, 4.69) is 0 Å². The van der Waals surface area contributed by atoms with Gasteiger partial charge in [0, 0.05) is 12.8 Å². The number of aliphatic hydroxyl groups excluding tert-OH is 1. The molecule has 0 aliphatic heterocycles. The zero-order valence-corrected chi connectivity index (χ0v) is 4.85. The zero-order valence-electron chi connectivity index (χ0n) is 4.85. The van der Waals surface area contributed by atoms with E-state index in [-0.39, 0.29) is 12.8 Å². The Bertz CT molecular complexity index is 133. The minimum atomic E-state index is -1.20. The van der Waals surface area contributed by atoms with Crippen LogP contribution in [0, 0.1) is 0 Å². The number of alkyl halides is 1. The molecule has 0 fully saturated rings. The second-order valence-corrected chi connectivity index (χ2v) is 2.22. The van der Waals surface area contributed by atoms with Crippen molar-refractivity contribution < 1.29 is 13.9 Å². The Morgan fingerprint density at radius 2 is 2.33 bits per heavy atom. The molecule has 0 saturated heterocycles. The van der Waals surface area contributed by atoms with E-state index in [1.54, 1.807) is 0 Å². The standard InChI is InChI=1S/C6H8F2O/c7-4-1-5(8)3-6(9)2-4/h2,5-6,9H,1,3H2. The minimum Gasteiger partial charge on any atom is -0.389 e. The summed E-state index contributed by atoms with van der Waals surface area (Å²) in [7, 11) is 0. The largest absolute Gasteiger partial charge is 0.389 e. The van der Waals surface area contributed by atoms with Crippen LogP contribution < -0.4 is 0 Å². The number of aliphatic hydroxyl groups is 1. The maximum Gasteiger partial charge on any atom is 0.109 e. The van der Waals surface area contributed by atoms with Gasteiger partial charge in [0.2, 0.25) is 0 Å². The number of hydrogen-bond acceptors (Lipinski definition) is 1. The smallest absolute Gasteiger partial charge is 0.109 e. The Labute approximate surface area is 52.0 Å². The van der Waals surface area contributed by atoms with E-state index in [4.69, 9.17) is 5.11 Å². The first-order chi connectivity index (χ1) is 4.18. The van der Waals surface area contributed by atoms with Gasteiger partial charge in [0.05, 0.1) is 6.10 Å². The van der Waals surface area contributed by atoms with Crippen LogP contribution in [0.4, 0.5) is 8.78 Å². The molecule has 0 bridgehead atoms. The maximum absolute atomic E-state index is 12.2. The minimum absolute atomic E-state index is 0.0351. The van der Waals surface area contributed by atoms with Gasteiger partial charge in [-0.15, -0.1) is 0 Å². The Kier molecular flexibility index (Phi) is 1.81. The molecule has 2 unspecified atom stereocenters. The molecule has 0 aromatic rings. The number of halogens is 2. The topological polar surface area (TPSA) is 20.2 Å². The van der Waals surface area contributed by atoms with Crippen LogP contribution in [0.1, 0.15) is 12.8 Å². The van der Waals surface area contributed by atoms with E-state index in [1.807, 2.05) is 0 Å². The van der Waals surface area contributed by atoms with Crippen LogP contribution >= 0.6 is 0 Å². The zero-order chi connectivity index (χ0) is 6.85. The molecule has 0 saturated carbocycles. The predicted molar refractivity (Wildman–Crippen MR) is 29.3 cm³/mol.